The summed E-state index contributed by atoms with van der Waals surface area (Å²) in [7, 11) is 1.48. The Bertz CT molecular complexity index is 1470. The number of benzene rings is 1. The number of pyridine rings is 1. The van der Waals surface area contributed by atoms with E-state index in [1.54, 1.807) is 38.9 Å². The van der Waals surface area contributed by atoms with Crippen molar-refractivity contribution in [3.8, 4) is 0 Å². The van der Waals surface area contributed by atoms with Gasteiger partial charge >= 0.3 is 0 Å². The average molecular weight is 546 g/mol. The molecule has 0 spiro atoms. The lowest BCUT2D eigenvalue weighted by Gasteiger charge is -2.37. The normalized spacial score (nSPS) is 20.0. The van der Waals surface area contributed by atoms with E-state index in [-0.39, 0.29) is 30.4 Å². The predicted molar refractivity (Wildman–Crippen MR) is 138 cm³/mol. The van der Waals surface area contributed by atoms with E-state index >= 15 is 0 Å². The highest BCUT2D eigenvalue weighted by Crippen LogP contribution is 2.35. The lowest BCUT2D eigenvalue weighted by atomic mass is 9.96. The van der Waals surface area contributed by atoms with Crippen molar-refractivity contribution in [2.75, 3.05) is 6.54 Å². The largest absolute Gasteiger partial charge is 0.331 e. The molecule has 1 aromatic carbocycles. The molecule has 5 rings (SSSR count). The molecule has 3 atom stereocenters. The van der Waals surface area contributed by atoms with Crippen LogP contribution in [0.5, 0.6) is 0 Å². The molecule has 194 valence electrons. The Kier molecular flexibility index (Phi) is 6.40. The van der Waals surface area contributed by atoms with Crippen LogP contribution in [0.3, 0.4) is 0 Å². The molecule has 3 aromatic rings. The van der Waals surface area contributed by atoms with Gasteiger partial charge < -0.3 is 14.4 Å². The Labute approximate surface area is 223 Å². The van der Waals surface area contributed by atoms with Gasteiger partial charge in [-0.1, -0.05) is 23.2 Å². The number of carbonyl (C=O) groups excluding carboxylic acids is 2. The maximum Gasteiger partial charge on any atom is 0.286 e. The highest BCUT2D eigenvalue weighted by atomic mass is 35.5. The second-order valence-electron chi connectivity index (χ2n) is 9.85. The quantitative estimate of drug-likeness (QED) is 0.488. The van der Waals surface area contributed by atoms with Crippen molar-refractivity contribution in [3.05, 3.63) is 84.8 Å². The van der Waals surface area contributed by atoms with Crippen LogP contribution in [-0.2, 0) is 20.0 Å². The third kappa shape index (κ3) is 4.24. The summed E-state index contributed by atoms with van der Waals surface area (Å²) >= 11 is 12.2. The number of hydrogen-bond donors (Lipinski definition) is 0. The van der Waals surface area contributed by atoms with Gasteiger partial charge in [-0.3, -0.25) is 19.1 Å². The first kappa shape index (κ1) is 25.5. The number of nitrogens with zero attached hydrogens (tertiary/aromatic N) is 5. The predicted octanol–water partition coefficient (Wildman–Crippen LogP) is 4.39. The summed E-state index contributed by atoms with van der Waals surface area (Å²) in [5.74, 6) is -1.32. The van der Waals surface area contributed by atoms with Crippen LogP contribution in [0.4, 0.5) is 4.39 Å². The lowest BCUT2D eigenvalue weighted by molar-refractivity contribution is 0.0573. The summed E-state index contributed by atoms with van der Waals surface area (Å²) in [5.41, 5.74) is 2.16. The molecule has 4 heterocycles. The minimum Gasteiger partial charge on any atom is -0.331 e. The summed E-state index contributed by atoms with van der Waals surface area (Å²) in [6.07, 6.45) is 2.05. The number of rotatable bonds is 3. The zero-order valence-corrected chi connectivity index (χ0v) is 22.3. The van der Waals surface area contributed by atoms with Crippen molar-refractivity contribution in [1.82, 2.24) is 24.1 Å². The minimum absolute atomic E-state index is 0.132. The molecule has 0 N–H and O–H groups in total. The molecule has 8 nitrogen and oxygen atoms in total. The van der Waals surface area contributed by atoms with E-state index in [2.05, 4.69) is 0 Å². The molecule has 2 aliphatic heterocycles. The Morgan fingerprint density at radius 1 is 1.14 bits per heavy atom. The van der Waals surface area contributed by atoms with E-state index in [9.17, 15) is 18.8 Å². The van der Waals surface area contributed by atoms with Crippen LogP contribution in [0.25, 0.3) is 0 Å². The summed E-state index contributed by atoms with van der Waals surface area (Å²) in [4.78, 5) is 42.4. The molecule has 0 aliphatic carbocycles. The third-order valence-corrected chi connectivity index (χ3v) is 8.06. The molecule has 0 saturated heterocycles. The maximum atomic E-state index is 14.2. The van der Waals surface area contributed by atoms with Crippen LogP contribution < -0.4 is 5.56 Å². The van der Waals surface area contributed by atoms with E-state index in [1.165, 1.54) is 17.7 Å². The molecule has 0 radical (unpaired) electrons. The monoisotopic (exact) mass is 545 g/mol. The zero-order valence-electron chi connectivity index (χ0n) is 20.8. The second-order valence-corrected chi connectivity index (χ2v) is 10.7. The van der Waals surface area contributed by atoms with Crippen LogP contribution in [0, 0.1) is 5.82 Å². The van der Waals surface area contributed by atoms with E-state index < -0.39 is 17.4 Å². The van der Waals surface area contributed by atoms with Gasteiger partial charge in [0.15, 0.2) is 5.82 Å². The standard InChI is InChI=1S/C26H26Cl2FN5O3/c1-13-7-22-18(12-32(13)24(35)16-5-6-19(27)20(28)8-16)23-26(37)33(10-14(2)34(23)30-22)15(3)17-9-21(29)25(36)31(4)11-17/h5-6,8-9,11,13-15H,7,10,12H2,1-4H3/t13-,14-,15+/m1/s1. The van der Waals surface area contributed by atoms with Crippen molar-refractivity contribution >= 4 is 35.0 Å². The maximum absolute atomic E-state index is 14.2. The topological polar surface area (TPSA) is 80.4 Å². The van der Waals surface area contributed by atoms with Crippen LogP contribution in [0.1, 0.15) is 70.5 Å². The lowest BCUT2D eigenvalue weighted by Crippen LogP contribution is -2.45. The molecule has 37 heavy (non-hydrogen) atoms. The minimum atomic E-state index is -0.864. The van der Waals surface area contributed by atoms with Gasteiger partial charge in [-0.15, -0.1) is 0 Å². The summed E-state index contributed by atoms with van der Waals surface area (Å²) in [6.45, 7) is 6.33. The third-order valence-electron chi connectivity index (χ3n) is 7.32. The number of halogens is 3. The van der Waals surface area contributed by atoms with E-state index in [1.807, 2.05) is 20.8 Å². The molecule has 2 aromatic heterocycles. The zero-order chi connectivity index (χ0) is 26.8. The fourth-order valence-corrected chi connectivity index (χ4v) is 5.49. The van der Waals surface area contributed by atoms with Crippen molar-refractivity contribution in [3.63, 3.8) is 0 Å². The second kappa shape index (κ2) is 9.29. The number of amides is 2. The Morgan fingerprint density at radius 3 is 2.54 bits per heavy atom. The molecule has 2 amide bonds. The fraction of sp³-hybridized carbons (Fsp3) is 0.385. The number of fused-ring (bicyclic) bond motifs is 3. The molecule has 2 aliphatic rings. The van der Waals surface area contributed by atoms with Crippen LogP contribution in [-0.4, -0.2) is 48.5 Å². The fourth-order valence-electron chi connectivity index (χ4n) is 5.19. The smallest absolute Gasteiger partial charge is 0.286 e. The summed E-state index contributed by atoms with van der Waals surface area (Å²) < 4.78 is 17.1. The van der Waals surface area contributed by atoms with Crippen LogP contribution in [0.15, 0.2) is 35.3 Å². The molecule has 0 fully saturated rings. The Balaban J connectivity index is 1.49. The summed E-state index contributed by atoms with van der Waals surface area (Å²) in [6, 6.07) is 5.21. The van der Waals surface area contributed by atoms with Crippen molar-refractivity contribution < 1.29 is 14.0 Å². The molecule has 11 heteroatoms. The van der Waals surface area contributed by atoms with Gasteiger partial charge in [0.05, 0.1) is 34.4 Å². The van der Waals surface area contributed by atoms with Gasteiger partial charge in [0.2, 0.25) is 0 Å². The van der Waals surface area contributed by atoms with Crippen molar-refractivity contribution in [2.45, 2.75) is 51.9 Å². The molecular weight excluding hydrogens is 520 g/mol. The number of carbonyl (C=O) groups is 2. The first-order chi connectivity index (χ1) is 17.5. The van der Waals surface area contributed by atoms with Gasteiger partial charge in [-0.05, 0) is 50.6 Å². The van der Waals surface area contributed by atoms with Crippen LogP contribution in [0.2, 0.25) is 10.0 Å². The highest BCUT2D eigenvalue weighted by molar-refractivity contribution is 6.42. The van der Waals surface area contributed by atoms with E-state index in [0.717, 1.165) is 5.69 Å². The number of aromatic nitrogens is 3. The van der Waals surface area contributed by atoms with Gasteiger partial charge in [0.25, 0.3) is 17.4 Å². The number of hydrogen-bond acceptors (Lipinski definition) is 4. The SMILES string of the molecule is C[C@@H]1Cc2nn3c(c2CN1C(=O)c1ccc(Cl)c(Cl)c1)C(=O)N([C@@H](C)c1cc(F)c(=O)n(C)c1)C[C@H]3C. The average Bonchev–Trinajstić information content (AvgIpc) is 3.23. The van der Waals surface area contributed by atoms with Crippen LogP contribution >= 0.6 is 23.2 Å². The Hall–Kier alpha value is -3.17. The molecule has 0 unspecified atom stereocenters. The van der Waals surface area contributed by atoms with Gasteiger partial charge in [0.1, 0.15) is 5.69 Å². The summed E-state index contributed by atoms with van der Waals surface area (Å²) in [5, 5.41) is 5.42. The molecule has 0 saturated carbocycles. The van der Waals surface area contributed by atoms with Gasteiger partial charge in [0, 0.05) is 43.4 Å². The van der Waals surface area contributed by atoms with E-state index in [4.69, 9.17) is 28.3 Å². The van der Waals surface area contributed by atoms with Gasteiger partial charge in [-0.25, -0.2) is 4.39 Å². The highest BCUT2D eigenvalue weighted by Gasteiger charge is 2.40. The van der Waals surface area contributed by atoms with Crippen molar-refractivity contribution in [1.29, 1.82) is 0 Å². The molecule has 0 bridgehead atoms. The number of aryl methyl sites for hydroxylation is 1. The first-order valence-corrected chi connectivity index (χ1v) is 12.8. The Morgan fingerprint density at radius 2 is 1.86 bits per heavy atom. The van der Waals surface area contributed by atoms with Gasteiger partial charge in [-0.2, -0.15) is 5.10 Å². The molecular formula is C26H26Cl2FN5O3. The van der Waals surface area contributed by atoms with Crippen molar-refractivity contribution in [2.24, 2.45) is 7.05 Å². The van der Waals surface area contributed by atoms with E-state index in [0.29, 0.717) is 45.4 Å². The first-order valence-electron chi connectivity index (χ1n) is 12.0.